The molecule has 2 aromatic rings. The lowest BCUT2D eigenvalue weighted by atomic mass is 10.4. The SMILES string of the molecule is NNc1ncc([N+](=O)[O-])c(NCCn2ccnn2)n1. The van der Waals surface area contributed by atoms with Crippen molar-refractivity contribution in [1.29, 1.82) is 0 Å². The summed E-state index contributed by atoms with van der Waals surface area (Å²) in [4.78, 5) is 17.8. The number of nitrogens with one attached hydrogen (secondary N) is 2. The van der Waals surface area contributed by atoms with Crippen molar-refractivity contribution in [2.24, 2.45) is 5.84 Å². The average molecular weight is 265 g/mol. The molecular weight excluding hydrogens is 254 g/mol. The molecule has 0 saturated heterocycles. The van der Waals surface area contributed by atoms with Crippen LogP contribution < -0.4 is 16.6 Å². The fourth-order valence-electron chi connectivity index (χ4n) is 1.35. The molecule has 2 rings (SSSR count). The van der Waals surface area contributed by atoms with Crippen LogP contribution >= 0.6 is 0 Å². The van der Waals surface area contributed by atoms with E-state index in [0.717, 1.165) is 6.20 Å². The third-order valence-corrected chi connectivity index (χ3v) is 2.20. The van der Waals surface area contributed by atoms with Gasteiger partial charge in [0.25, 0.3) is 0 Å². The Morgan fingerprint density at radius 1 is 1.53 bits per heavy atom. The second kappa shape index (κ2) is 5.68. The van der Waals surface area contributed by atoms with Crippen molar-refractivity contribution in [3.05, 3.63) is 28.7 Å². The maximum atomic E-state index is 10.8. The third-order valence-electron chi connectivity index (χ3n) is 2.20. The van der Waals surface area contributed by atoms with Gasteiger partial charge >= 0.3 is 5.69 Å². The predicted molar refractivity (Wildman–Crippen MR) is 65.0 cm³/mol. The Hall–Kier alpha value is -2.82. The van der Waals surface area contributed by atoms with E-state index >= 15 is 0 Å². The smallest absolute Gasteiger partial charge is 0.329 e. The maximum Gasteiger partial charge on any atom is 0.329 e. The fraction of sp³-hybridized carbons (Fsp3) is 0.250. The molecule has 0 aliphatic rings. The molecule has 0 fully saturated rings. The van der Waals surface area contributed by atoms with Crippen LogP contribution in [0.4, 0.5) is 17.5 Å². The van der Waals surface area contributed by atoms with E-state index in [1.807, 2.05) is 0 Å². The summed E-state index contributed by atoms with van der Waals surface area (Å²) in [6.07, 6.45) is 4.31. The van der Waals surface area contributed by atoms with Gasteiger partial charge in [-0.15, -0.1) is 5.10 Å². The van der Waals surface area contributed by atoms with Crippen LogP contribution in [0.25, 0.3) is 0 Å². The molecule has 100 valence electrons. The number of nitrogen functional groups attached to an aromatic ring is 1. The molecule has 0 spiro atoms. The largest absolute Gasteiger partial charge is 0.362 e. The lowest BCUT2D eigenvalue weighted by molar-refractivity contribution is -0.384. The van der Waals surface area contributed by atoms with Gasteiger partial charge < -0.3 is 5.32 Å². The summed E-state index contributed by atoms with van der Waals surface area (Å²) in [5.74, 6) is 5.34. The highest BCUT2D eigenvalue weighted by atomic mass is 16.6. The normalized spacial score (nSPS) is 10.2. The molecule has 11 nitrogen and oxygen atoms in total. The summed E-state index contributed by atoms with van der Waals surface area (Å²) in [6, 6.07) is 0. The minimum Gasteiger partial charge on any atom is -0.362 e. The van der Waals surface area contributed by atoms with Crippen molar-refractivity contribution < 1.29 is 4.92 Å². The van der Waals surface area contributed by atoms with E-state index in [9.17, 15) is 10.1 Å². The van der Waals surface area contributed by atoms with Crippen molar-refractivity contribution in [3.8, 4) is 0 Å². The number of nitrogens with zero attached hydrogens (tertiary/aromatic N) is 6. The highest BCUT2D eigenvalue weighted by Crippen LogP contribution is 2.21. The summed E-state index contributed by atoms with van der Waals surface area (Å²) < 4.78 is 1.59. The Kier molecular flexibility index (Phi) is 3.78. The van der Waals surface area contributed by atoms with E-state index in [0.29, 0.717) is 13.1 Å². The summed E-state index contributed by atoms with van der Waals surface area (Å²) in [5, 5.41) is 21.1. The van der Waals surface area contributed by atoms with E-state index < -0.39 is 4.92 Å². The molecule has 0 saturated carbocycles. The minimum absolute atomic E-state index is 0.0908. The molecule has 0 aromatic carbocycles. The molecule has 0 unspecified atom stereocenters. The van der Waals surface area contributed by atoms with Crippen molar-refractivity contribution in [3.63, 3.8) is 0 Å². The summed E-state index contributed by atoms with van der Waals surface area (Å²) in [6.45, 7) is 0.887. The number of hydrogen-bond acceptors (Lipinski definition) is 9. The first-order chi connectivity index (χ1) is 9.20. The average Bonchev–Trinajstić information content (AvgIpc) is 2.91. The minimum atomic E-state index is -0.571. The van der Waals surface area contributed by atoms with E-state index in [-0.39, 0.29) is 17.5 Å². The van der Waals surface area contributed by atoms with Crippen molar-refractivity contribution in [1.82, 2.24) is 25.0 Å². The first kappa shape index (κ1) is 12.6. The van der Waals surface area contributed by atoms with Gasteiger partial charge in [0.2, 0.25) is 11.8 Å². The highest BCUT2D eigenvalue weighted by molar-refractivity contribution is 5.56. The van der Waals surface area contributed by atoms with E-state index in [2.05, 4.69) is 31.0 Å². The molecule has 0 atom stereocenters. The molecule has 0 bridgehead atoms. The second-order valence-corrected chi connectivity index (χ2v) is 3.42. The van der Waals surface area contributed by atoms with Crippen molar-refractivity contribution >= 4 is 17.5 Å². The fourth-order valence-corrected chi connectivity index (χ4v) is 1.35. The zero-order valence-electron chi connectivity index (χ0n) is 9.72. The van der Waals surface area contributed by atoms with E-state index in [1.165, 1.54) is 0 Å². The first-order valence-corrected chi connectivity index (χ1v) is 5.26. The van der Waals surface area contributed by atoms with Gasteiger partial charge in [-0.3, -0.25) is 20.2 Å². The number of nitrogens with two attached hydrogens (primary N) is 1. The molecule has 0 amide bonds. The number of anilines is 2. The summed E-state index contributed by atoms with van der Waals surface area (Å²) in [7, 11) is 0. The molecule has 4 N–H and O–H groups in total. The van der Waals surface area contributed by atoms with Gasteiger partial charge in [0.05, 0.1) is 17.7 Å². The summed E-state index contributed by atoms with van der Waals surface area (Å²) >= 11 is 0. The monoisotopic (exact) mass is 265 g/mol. The van der Waals surface area contributed by atoms with Gasteiger partial charge in [0, 0.05) is 12.7 Å². The maximum absolute atomic E-state index is 10.8. The predicted octanol–water partition coefficient (Wildman–Crippen LogP) is -0.626. The van der Waals surface area contributed by atoms with Gasteiger partial charge in [0.15, 0.2) is 0 Å². The van der Waals surface area contributed by atoms with Gasteiger partial charge in [0.1, 0.15) is 6.20 Å². The van der Waals surface area contributed by atoms with Crippen LogP contribution in [-0.2, 0) is 6.54 Å². The van der Waals surface area contributed by atoms with Crippen LogP contribution in [0.15, 0.2) is 18.6 Å². The van der Waals surface area contributed by atoms with Crippen molar-refractivity contribution in [2.45, 2.75) is 6.54 Å². The molecule has 0 aliphatic heterocycles. The second-order valence-electron chi connectivity index (χ2n) is 3.42. The molecule has 0 aliphatic carbocycles. The van der Waals surface area contributed by atoms with Gasteiger partial charge in [-0.2, -0.15) is 4.98 Å². The van der Waals surface area contributed by atoms with E-state index in [4.69, 9.17) is 5.84 Å². The molecule has 11 heteroatoms. The first-order valence-electron chi connectivity index (χ1n) is 5.26. The molecule has 19 heavy (non-hydrogen) atoms. The lowest BCUT2D eigenvalue weighted by Crippen LogP contribution is -2.16. The highest BCUT2D eigenvalue weighted by Gasteiger charge is 2.16. The molecule has 0 radical (unpaired) electrons. The van der Waals surface area contributed by atoms with Gasteiger partial charge in [-0.25, -0.2) is 10.8 Å². The number of nitro groups is 1. The number of aromatic nitrogens is 5. The Morgan fingerprint density at radius 2 is 2.37 bits per heavy atom. The Bertz CT molecular complexity index is 555. The van der Waals surface area contributed by atoms with Crippen LogP contribution in [-0.4, -0.2) is 36.4 Å². The van der Waals surface area contributed by atoms with Crippen molar-refractivity contribution in [2.75, 3.05) is 17.3 Å². The topological polar surface area (TPSA) is 150 Å². The lowest BCUT2D eigenvalue weighted by Gasteiger charge is -2.07. The quantitative estimate of drug-likeness (QED) is 0.352. The summed E-state index contributed by atoms with van der Waals surface area (Å²) in [5.41, 5.74) is 2.00. The van der Waals surface area contributed by atoms with Crippen LogP contribution in [0.2, 0.25) is 0 Å². The number of hydrogen-bond donors (Lipinski definition) is 3. The zero-order valence-corrected chi connectivity index (χ0v) is 9.72. The Morgan fingerprint density at radius 3 is 3.00 bits per heavy atom. The van der Waals surface area contributed by atoms with Crippen LogP contribution in [0.3, 0.4) is 0 Å². The van der Waals surface area contributed by atoms with E-state index in [1.54, 1.807) is 17.1 Å². The van der Waals surface area contributed by atoms with Gasteiger partial charge in [-0.1, -0.05) is 5.21 Å². The molecular formula is C8H11N9O2. The Labute approximate surface area is 107 Å². The molecule has 2 aromatic heterocycles. The standard InChI is InChI=1S/C8H11N9O2/c9-14-8-11-5-6(17(18)19)7(13-8)10-1-3-16-4-2-12-15-16/h2,4-5H,1,3,9H2,(H2,10,11,13,14). The van der Waals surface area contributed by atoms with Crippen LogP contribution in [0, 0.1) is 10.1 Å². The number of hydrazine groups is 1. The third kappa shape index (κ3) is 3.10. The Balaban J connectivity index is 2.06. The van der Waals surface area contributed by atoms with Gasteiger partial charge in [-0.05, 0) is 0 Å². The van der Waals surface area contributed by atoms with Crippen LogP contribution in [0.1, 0.15) is 0 Å². The molecule has 2 heterocycles. The zero-order chi connectivity index (χ0) is 13.7. The van der Waals surface area contributed by atoms with Crippen LogP contribution in [0.5, 0.6) is 0 Å². The number of rotatable bonds is 6.